The molecule has 1 amide bonds. The molecule has 6 heteroatoms. The van der Waals surface area contributed by atoms with Gasteiger partial charge in [-0.3, -0.25) is 4.79 Å². The van der Waals surface area contributed by atoms with Crippen LogP contribution in [0, 0.1) is 20.8 Å². The largest absolute Gasteiger partial charge is 0.504 e. The molecule has 0 aliphatic heterocycles. The van der Waals surface area contributed by atoms with Gasteiger partial charge >= 0.3 is 0 Å². The highest BCUT2D eigenvalue weighted by Crippen LogP contribution is 2.38. The number of anilines is 1. The number of aryl methyl sites for hydroxylation is 2. The number of halogens is 2. The molecule has 1 atom stereocenters. The van der Waals surface area contributed by atoms with Gasteiger partial charge in [0, 0.05) is 5.02 Å². The molecule has 1 unspecified atom stereocenters. The summed E-state index contributed by atoms with van der Waals surface area (Å²) in [6.07, 6.45) is -0.760. The summed E-state index contributed by atoms with van der Waals surface area (Å²) < 4.78 is 5.70. The number of benzene rings is 2. The van der Waals surface area contributed by atoms with Crippen molar-refractivity contribution in [2.24, 2.45) is 0 Å². The number of amides is 1. The van der Waals surface area contributed by atoms with E-state index in [1.807, 2.05) is 32.0 Å². The quantitative estimate of drug-likeness (QED) is 0.744. The van der Waals surface area contributed by atoms with E-state index in [2.05, 4.69) is 5.32 Å². The zero-order valence-corrected chi connectivity index (χ0v) is 15.4. The van der Waals surface area contributed by atoms with Gasteiger partial charge in [-0.05, 0) is 51.0 Å². The molecule has 24 heavy (non-hydrogen) atoms. The highest BCUT2D eigenvalue weighted by Gasteiger charge is 2.19. The van der Waals surface area contributed by atoms with Crippen molar-refractivity contribution < 1.29 is 14.6 Å². The van der Waals surface area contributed by atoms with Gasteiger partial charge < -0.3 is 15.2 Å². The van der Waals surface area contributed by atoms with Crippen molar-refractivity contribution in [1.29, 1.82) is 0 Å². The molecule has 0 aliphatic rings. The third-order valence-corrected chi connectivity index (χ3v) is 4.54. The Morgan fingerprint density at radius 3 is 2.50 bits per heavy atom. The lowest BCUT2D eigenvalue weighted by Crippen LogP contribution is -2.30. The molecule has 2 rings (SSSR count). The summed E-state index contributed by atoms with van der Waals surface area (Å²) in [5.41, 5.74) is 2.76. The lowest BCUT2D eigenvalue weighted by atomic mass is 10.1. The van der Waals surface area contributed by atoms with E-state index in [-0.39, 0.29) is 16.5 Å². The van der Waals surface area contributed by atoms with Crippen LogP contribution in [0.3, 0.4) is 0 Å². The Hall–Kier alpha value is -1.91. The highest BCUT2D eigenvalue weighted by atomic mass is 35.5. The Bertz CT molecular complexity index is 790. The van der Waals surface area contributed by atoms with Crippen molar-refractivity contribution in [3.05, 3.63) is 51.0 Å². The van der Waals surface area contributed by atoms with E-state index in [1.165, 1.54) is 6.07 Å². The molecule has 4 nitrogen and oxygen atoms in total. The van der Waals surface area contributed by atoms with Gasteiger partial charge in [0.05, 0.1) is 10.7 Å². The lowest BCUT2D eigenvalue weighted by molar-refractivity contribution is -0.122. The van der Waals surface area contributed by atoms with E-state index in [9.17, 15) is 9.90 Å². The van der Waals surface area contributed by atoms with Gasteiger partial charge in [-0.15, -0.1) is 0 Å². The topological polar surface area (TPSA) is 58.6 Å². The maximum absolute atomic E-state index is 12.3. The molecule has 0 spiro atoms. The Kier molecular flexibility index (Phi) is 5.62. The standard InChI is InChI=1S/C18H19Cl2NO3/c1-9-5-6-15(10(2)7-9)24-12(4)18(23)21-14-8-13(19)11(3)16(20)17(14)22/h5-8,12,22H,1-4H3,(H,21,23). The first-order valence-corrected chi connectivity index (χ1v) is 8.18. The van der Waals surface area contributed by atoms with Crippen LogP contribution in [0.5, 0.6) is 11.5 Å². The number of aromatic hydroxyl groups is 1. The molecule has 0 aliphatic carbocycles. The van der Waals surface area contributed by atoms with Gasteiger partial charge in [-0.25, -0.2) is 0 Å². The van der Waals surface area contributed by atoms with Crippen molar-refractivity contribution in [2.75, 3.05) is 5.32 Å². The van der Waals surface area contributed by atoms with Gasteiger partial charge in [-0.2, -0.15) is 0 Å². The number of hydrogen-bond acceptors (Lipinski definition) is 3. The molecule has 128 valence electrons. The fraction of sp³-hybridized carbons (Fsp3) is 0.278. The number of carbonyl (C=O) groups excluding carboxylic acids is 1. The number of nitrogens with one attached hydrogen (secondary N) is 1. The van der Waals surface area contributed by atoms with Crippen molar-refractivity contribution in [2.45, 2.75) is 33.8 Å². The van der Waals surface area contributed by atoms with E-state index in [0.717, 1.165) is 11.1 Å². The monoisotopic (exact) mass is 367 g/mol. The molecule has 2 aromatic rings. The number of carbonyl (C=O) groups is 1. The summed E-state index contributed by atoms with van der Waals surface area (Å²) >= 11 is 12.0. The minimum absolute atomic E-state index is 0.112. The van der Waals surface area contributed by atoms with E-state index in [0.29, 0.717) is 16.3 Å². The smallest absolute Gasteiger partial charge is 0.265 e. The van der Waals surface area contributed by atoms with Gasteiger partial charge in [0.25, 0.3) is 5.91 Å². The second-order valence-electron chi connectivity index (χ2n) is 5.71. The summed E-state index contributed by atoms with van der Waals surface area (Å²) in [7, 11) is 0. The van der Waals surface area contributed by atoms with Crippen LogP contribution in [-0.4, -0.2) is 17.1 Å². The first kappa shape index (κ1) is 18.4. The summed E-state index contributed by atoms with van der Waals surface area (Å²) in [6.45, 7) is 7.21. The third kappa shape index (κ3) is 3.94. The second kappa shape index (κ2) is 7.32. The Morgan fingerprint density at radius 1 is 1.21 bits per heavy atom. The van der Waals surface area contributed by atoms with Crippen LogP contribution in [-0.2, 0) is 4.79 Å². The predicted octanol–water partition coefficient (Wildman–Crippen LogP) is 5.03. The molecular formula is C18H19Cl2NO3. The van der Waals surface area contributed by atoms with Crippen LogP contribution in [0.25, 0.3) is 0 Å². The van der Waals surface area contributed by atoms with Crippen molar-refractivity contribution in [3.8, 4) is 11.5 Å². The molecule has 0 heterocycles. The Balaban J connectivity index is 2.15. The lowest BCUT2D eigenvalue weighted by Gasteiger charge is -2.18. The first-order valence-electron chi connectivity index (χ1n) is 7.43. The number of rotatable bonds is 4. The van der Waals surface area contributed by atoms with Gasteiger partial charge in [0.15, 0.2) is 11.9 Å². The summed E-state index contributed by atoms with van der Waals surface area (Å²) in [4.78, 5) is 12.3. The number of phenols is 1. The SMILES string of the molecule is Cc1ccc(OC(C)C(=O)Nc2cc(Cl)c(C)c(Cl)c2O)c(C)c1. The summed E-state index contributed by atoms with van der Waals surface area (Å²) in [5, 5.41) is 13.1. The minimum Gasteiger partial charge on any atom is -0.504 e. The van der Waals surface area contributed by atoms with Gasteiger partial charge in [-0.1, -0.05) is 40.9 Å². The predicted molar refractivity (Wildman–Crippen MR) is 97.5 cm³/mol. The molecule has 0 bridgehead atoms. The van der Waals surface area contributed by atoms with E-state index in [1.54, 1.807) is 13.8 Å². The van der Waals surface area contributed by atoms with Crippen LogP contribution in [0.15, 0.2) is 24.3 Å². The molecule has 0 radical (unpaired) electrons. The van der Waals surface area contributed by atoms with E-state index >= 15 is 0 Å². The fourth-order valence-electron chi connectivity index (χ4n) is 2.21. The van der Waals surface area contributed by atoms with Crippen LogP contribution in [0.4, 0.5) is 5.69 Å². The van der Waals surface area contributed by atoms with Crippen LogP contribution < -0.4 is 10.1 Å². The van der Waals surface area contributed by atoms with Gasteiger partial charge in [0.2, 0.25) is 0 Å². The second-order valence-corrected chi connectivity index (χ2v) is 6.50. The summed E-state index contributed by atoms with van der Waals surface area (Å²) in [6, 6.07) is 7.18. The van der Waals surface area contributed by atoms with Crippen molar-refractivity contribution >= 4 is 34.8 Å². The summed E-state index contributed by atoms with van der Waals surface area (Å²) in [5.74, 6) is -0.000614. The maximum Gasteiger partial charge on any atom is 0.265 e. The van der Waals surface area contributed by atoms with Crippen LogP contribution in [0.2, 0.25) is 10.0 Å². The van der Waals surface area contributed by atoms with Crippen LogP contribution >= 0.6 is 23.2 Å². The number of phenolic OH excluding ortho intramolecular Hbond substituents is 1. The minimum atomic E-state index is -0.760. The number of ether oxygens (including phenoxy) is 1. The molecule has 0 saturated heterocycles. The van der Waals surface area contributed by atoms with E-state index < -0.39 is 12.0 Å². The normalized spacial score (nSPS) is 11.9. The van der Waals surface area contributed by atoms with E-state index in [4.69, 9.17) is 27.9 Å². The highest BCUT2D eigenvalue weighted by molar-refractivity contribution is 6.37. The van der Waals surface area contributed by atoms with Crippen LogP contribution in [0.1, 0.15) is 23.6 Å². The number of hydrogen-bond donors (Lipinski definition) is 2. The maximum atomic E-state index is 12.3. The molecule has 2 aromatic carbocycles. The Labute approximate surface area is 151 Å². The molecule has 0 aromatic heterocycles. The van der Waals surface area contributed by atoms with Crippen molar-refractivity contribution in [3.63, 3.8) is 0 Å². The van der Waals surface area contributed by atoms with Crippen molar-refractivity contribution in [1.82, 2.24) is 0 Å². The third-order valence-electron chi connectivity index (χ3n) is 3.68. The molecule has 0 saturated carbocycles. The zero-order valence-electron chi connectivity index (χ0n) is 13.9. The zero-order chi connectivity index (χ0) is 18.0. The molecular weight excluding hydrogens is 349 g/mol. The average Bonchev–Trinajstić information content (AvgIpc) is 2.53. The average molecular weight is 368 g/mol. The van der Waals surface area contributed by atoms with Gasteiger partial charge in [0.1, 0.15) is 5.75 Å². The Morgan fingerprint density at radius 2 is 1.88 bits per heavy atom. The first-order chi connectivity index (χ1) is 11.2. The molecule has 0 fully saturated rings. The molecule has 2 N–H and O–H groups in total. The fourth-order valence-corrected chi connectivity index (χ4v) is 2.66.